The van der Waals surface area contributed by atoms with Gasteiger partial charge in [0.25, 0.3) is 0 Å². The second-order valence-electron chi connectivity index (χ2n) is 2.46. The Morgan fingerprint density at radius 3 is 1.58 bits per heavy atom. The minimum Gasteiger partial charge on any atom is -0.466 e. The van der Waals surface area contributed by atoms with E-state index < -0.39 is 5.97 Å². The lowest BCUT2D eigenvalue weighted by atomic mass is 10.6. The Hall–Kier alpha value is -2.37. The molecule has 0 aliphatic heterocycles. The van der Waals surface area contributed by atoms with Gasteiger partial charge >= 0.3 is 17.9 Å². The van der Waals surface area contributed by atoms with Crippen molar-refractivity contribution in [2.75, 3.05) is 13.7 Å². The zero-order chi connectivity index (χ0) is 15.7. The van der Waals surface area contributed by atoms with Gasteiger partial charge in [-0.15, -0.1) is 0 Å². The highest BCUT2D eigenvalue weighted by molar-refractivity contribution is 5.81. The molecule has 0 heterocycles. The molecule has 6 heteroatoms. The third-order valence-electron chi connectivity index (χ3n) is 1.07. The fourth-order valence-corrected chi connectivity index (χ4v) is 0.402. The van der Waals surface area contributed by atoms with Gasteiger partial charge in [-0.05, 0) is 6.92 Å². The Bertz CT molecular complexity index is 306. The normalized spacial score (nSPS) is 7.11. The second kappa shape index (κ2) is 18.0. The van der Waals surface area contributed by atoms with Gasteiger partial charge in [-0.1, -0.05) is 19.7 Å². The first-order valence-electron chi connectivity index (χ1n) is 5.17. The van der Waals surface area contributed by atoms with Crippen molar-refractivity contribution in [2.24, 2.45) is 0 Å². The maximum atomic E-state index is 10.1. The summed E-state index contributed by atoms with van der Waals surface area (Å²) in [5, 5.41) is 0. The Morgan fingerprint density at radius 1 is 1.05 bits per heavy atom. The van der Waals surface area contributed by atoms with Crippen LogP contribution in [0.5, 0.6) is 0 Å². The van der Waals surface area contributed by atoms with E-state index in [1.807, 2.05) is 0 Å². The number of rotatable bonds is 4. The van der Waals surface area contributed by atoms with E-state index in [0.29, 0.717) is 6.61 Å². The van der Waals surface area contributed by atoms with Gasteiger partial charge in [0, 0.05) is 19.1 Å². The van der Waals surface area contributed by atoms with Crippen LogP contribution in [0, 0.1) is 0 Å². The number of hydrogen-bond acceptors (Lipinski definition) is 6. The third kappa shape index (κ3) is 31.3. The van der Waals surface area contributed by atoms with E-state index in [4.69, 9.17) is 0 Å². The molecule has 0 rings (SSSR count). The van der Waals surface area contributed by atoms with E-state index in [2.05, 4.69) is 33.9 Å². The van der Waals surface area contributed by atoms with E-state index >= 15 is 0 Å². The van der Waals surface area contributed by atoms with Gasteiger partial charge in [-0.3, -0.25) is 4.79 Å². The van der Waals surface area contributed by atoms with E-state index in [0.717, 1.165) is 18.4 Å². The summed E-state index contributed by atoms with van der Waals surface area (Å²) in [5.74, 6) is -1.08. The molecular formula is C13H20O6. The third-order valence-corrected chi connectivity index (χ3v) is 1.07. The number of carbonyl (C=O) groups excluding carboxylic acids is 3. The average Bonchev–Trinajstić information content (AvgIpc) is 2.39. The van der Waals surface area contributed by atoms with E-state index in [1.54, 1.807) is 6.92 Å². The monoisotopic (exact) mass is 272 g/mol. The molecule has 0 radical (unpaired) electrons. The molecule has 0 saturated heterocycles. The fourth-order valence-electron chi connectivity index (χ4n) is 0.402. The van der Waals surface area contributed by atoms with Crippen LogP contribution in [0.2, 0.25) is 0 Å². The minimum absolute atomic E-state index is 0.329. The van der Waals surface area contributed by atoms with Crippen molar-refractivity contribution in [3.8, 4) is 0 Å². The van der Waals surface area contributed by atoms with Crippen molar-refractivity contribution in [1.82, 2.24) is 0 Å². The summed E-state index contributed by atoms with van der Waals surface area (Å²) >= 11 is 0. The molecule has 6 nitrogen and oxygen atoms in total. The summed E-state index contributed by atoms with van der Waals surface area (Å²) in [4.78, 5) is 29.7. The highest BCUT2D eigenvalue weighted by atomic mass is 16.5. The quantitative estimate of drug-likeness (QED) is 0.336. The second-order valence-corrected chi connectivity index (χ2v) is 2.46. The number of ether oxygens (including phenoxy) is 3. The molecule has 108 valence electrons. The lowest BCUT2D eigenvalue weighted by molar-refractivity contribution is -0.137. The van der Waals surface area contributed by atoms with Gasteiger partial charge in [0.15, 0.2) is 0 Å². The Kier molecular flexibility index (Phi) is 20.7. The molecule has 0 aliphatic rings. The number of esters is 3. The molecule has 0 bridgehead atoms. The van der Waals surface area contributed by atoms with E-state index in [-0.39, 0.29) is 11.9 Å². The molecule has 0 atom stereocenters. The van der Waals surface area contributed by atoms with Crippen molar-refractivity contribution in [2.45, 2.75) is 13.8 Å². The smallest absolute Gasteiger partial charge is 0.330 e. The summed E-state index contributed by atoms with van der Waals surface area (Å²) in [7, 11) is 1.31. The number of hydrogen-bond donors (Lipinski definition) is 0. The molecule has 0 fully saturated rings. The van der Waals surface area contributed by atoms with Gasteiger partial charge in [-0.2, -0.15) is 0 Å². The zero-order valence-electron chi connectivity index (χ0n) is 11.5. The van der Waals surface area contributed by atoms with Crippen LogP contribution >= 0.6 is 0 Å². The molecule has 0 aliphatic carbocycles. The van der Waals surface area contributed by atoms with Crippen LogP contribution in [0.1, 0.15) is 13.8 Å². The molecule has 0 amide bonds. The Balaban J connectivity index is -0.000000203. The summed E-state index contributed by atoms with van der Waals surface area (Å²) in [6.07, 6.45) is 3.35. The molecule has 0 spiro atoms. The predicted molar refractivity (Wildman–Crippen MR) is 71.0 cm³/mol. The van der Waals surface area contributed by atoms with Crippen molar-refractivity contribution in [3.05, 3.63) is 38.2 Å². The maximum absolute atomic E-state index is 10.1. The first-order chi connectivity index (χ1) is 8.89. The van der Waals surface area contributed by atoms with Crippen LogP contribution in [0.4, 0.5) is 0 Å². The first-order valence-corrected chi connectivity index (χ1v) is 5.17. The maximum Gasteiger partial charge on any atom is 0.330 e. The lowest BCUT2D eigenvalue weighted by Crippen LogP contribution is -1.97. The van der Waals surface area contributed by atoms with Crippen molar-refractivity contribution in [3.63, 3.8) is 0 Å². The van der Waals surface area contributed by atoms with Crippen LogP contribution in [0.15, 0.2) is 38.2 Å². The van der Waals surface area contributed by atoms with Crippen molar-refractivity contribution < 1.29 is 28.6 Å². The van der Waals surface area contributed by atoms with Crippen LogP contribution in [0.25, 0.3) is 0 Å². The van der Waals surface area contributed by atoms with Gasteiger partial charge in [-0.25, -0.2) is 9.59 Å². The molecule has 0 saturated carbocycles. The van der Waals surface area contributed by atoms with Crippen LogP contribution in [-0.4, -0.2) is 31.6 Å². The summed E-state index contributed by atoms with van der Waals surface area (Å²) in [5.41, 5.74) is 0. The fraction of sp³-hybridized carbons (Fsp3) is 0.308. The summed E-state index contributed by atoms with van der Waals surface area (Å²) < 4.78 is 12.7. The lowest BCUT2D eigenvalue weighted by Gasteiger charge is -1.90. The molecular weight excluding hydrogens is 252 g/mol. The van der Waals surface area contributed by atoms with Crippen LogP contribution in [0.3, 0.4) is 0 Å². The molecule has 0 unspecified atom stereocenters. The Morgan fingerprint density at radius 2 is 1.53 bits per heavy atom. The molecule has 0 aromatic heterocycles. The van der Waals surface area contributed by atoms with Crippen LogP contribution in [-0.2, 0) is 28.6 Å². The largest absolute Gasteiger partial charge is 0.466 e. The van der Waals surface area contributed by atoms with Gasteiger partial charge in [0.2, 0.25) is 0 Å². The minimum atomic E-state index is -0.394. The van der Waals surface area contributed by atoms with Crippen molar-refractivity contribution >= 4 is 17.9 Å². The molecule has 0 aromatic rings. The predicted octanol–water partition coefficient (Wildman–Crippen LogP) is 1.77. The van der Waals surface area contributed by atoms with Crippen molar-refractivity contribution in [1.29, 1.82) is 0 Å². The van der Waals surface area contributed by atoms with Gasteiger partial charge < -0.3 is 14.2 Å². The molecule has 19 heavy (non-hydrogen) atoms. The highest BCUT2D eigenvalue weighted by Crippen LogP contribution is 1.74. The average molecular weight is 272 g/mol. The van der Waals surface area contributed by atoms with E-state index in [9.17, 15) is 14.4 Å². The van der Waals surface area contributed by atoms with Crippen LogP contribution < -0.4 is 0 Å². The zero-order valence-corrected chi connectivity index (χ0v) is 11.5. The Labute approximate surface area is 113 Å². The topological polar surface area (TPSA) is 78.9 Å². The van der Waals surface area contributed by atoms with Gasteiger partial charge in [0.05, 0.1) is 20.0 Å². The molecule has 0 aromatic carbocycles. The SMILES string of the molecule is C=CC(=O)OC.C=CC(=O)OCC.C=COC(C)=O. The number of carbonyl (C=O) groups is 3. The first kappa shape index (κ1) is 21.9. The summed E-state index contributed by atoms with van der Waals surface area (Å²) in [6, 6.07) is 0. The summed E-state index contributed by atoms with van der Waals surface area (Å²) in [6.45, 7) is 13.0. The highest BCUT2D eigenvalue weighted by Gasteiger charge is 1.86. The standard InChI is InChI=1S/C5H8O2.2C4H6O2/c1-3-5(6)7-4-2;1-3-4(5)6-2;1-3-6-4(2)5/h3H,1,4H2,2H3;2*3H,1H2,2H3. The molecule has 0 N–H and O–H groups in total. The van der Waals surface area contributed by atoms with E-state index in [1.165, 1.54) is 14.0 Å². The van der Waals surface area contributed by atoms with Gasteiger partial charge in [0.1, 0.15) is 0 Å². The number of methoxy groups -OCH3 is 1.